The highest BCUT2D eigenvalue weighted by molar-refractivity contribution is 5.80. The molecule has 2 saturated carbocycles. The molecule has 3 aromatic rings. The molecule has 0 aliphatic heterocycles. The Bertz CT molecular complexity index is 1170. The zero-order chi connectivity index (χ0) is 24.2. The molecule has 35 heavy (non-hydrogen) atoms. The number of carbonyl (C=O) groups is 1. The van der Waals surface area contributed by atoms with Crippen molar-refractivity contribution in [2.24, 2.45) is 18.9 Å². The van der Waals surface area contributed by atoms with Crippen molar-refractivity contribution in [3.63, 3.8) is 0 Å². The predicted octanol–water partition coefficient (Wildman–Crippen LogP) is 6.03. The number of pyridine rings is 1. The van der Waals surface area contributed by atoms with Crippen molar-refractivity contribution < 1.29 is 14.3 Å². The van der Waals surface area contributed by atoms with Crippen LogP contribution in [-0.4, -0.2) is 33.7 Å². The second-order valence-electron chi connectivity index (χ2n) is 9.81. The highest BCUT2D eigenvalue weighted by atomic mass is 16.6. The molecule has 2 aliphatic rings. The van der Waals surface area contributed by atoms with Gasteiger partial charge in [0.15, 0.2) is 0 Å². The number of amides is 1. The van der Waals surface area contributed by atoms with Crippen LogP contribution in [0.1, 0.15) is 57.8 Å². The van der Waals surface area contributed by atoms with Crippen LogP contribution in [0.15, 0.2) is 36.5 Å². The van der Waals surface area contributed by atoms with Crippen LogP contribution in [0, 0.1) is 11.8 Å². The summed E-state index contributed by atoms with van der Waals surface area (Å²) >= 11 is 0. The molecular formula is C27H35N5O3. The molecule has 186 valence electrons. The summed E-state index contributed by atoms with van der Waals surface area (Å²) in [6, 6.07) is 9.71. The summed E-state index contributed by atoms with van der Waals surface area (Å²) < 4.78 is 13.3. The summed E-state index contributed by atoms with van der Waals surface area (Å²) in [7, 11) is 3.57. The Balaban J connectivity index is 1.32. The second-order valence-corrected chi connectivity index (χ2v) is 9.81. The van der Waals surface area contributed by atoms with Crippen LogP contribution in [0.5, 0.6) is 17.4 Å². The van der Waals surface area contributed by atoms with Crippen LogP contribution < -0.4 is 20.1 Å². The van der Waals surface area contributed by atoms with Gasteiger partial charge in [-0.05, 0) is 42.9 Å². The summed E-state index contributed by atoms with van der Waals surface area (Å²) in [5.41, 5.74) is 1.94. The van der Waals surface area contributed by atoms with Gasteiger partial charge in [0.1, 0.15) is 11.5 Å². The second kappa shape index (κ2) is 10.5. The van der Waals surface area contributed by atoms with Gasteiger partial charge in [0.25, 0.3) is 0 Å². The van der Waals surface area contributed by atoms with E-state index in [0.717, 1.165) is 28.8 Å². The van der Waals surface area contributed by atoms with Crippen molar-refractivity contribution >= 4 is 23.1 Å². The molecule has 0 spiro atoms. The van der Waals surface area contributed by atoms with Gasteiger partial charge in [0, 0.05) is 38.5 Å². The number of rotatable bonds is 6. The molecule has 2 atom stereocenters. The van der Waals surface area contributed by atoms with Crippen molar-refractivity contribution in [1.82, 2.24) is 19.9 Å². The summed E-state index contributed by atoms with van der Waals surface area (Å²) in [5, 5.41) is 6.24. The molecule has 2 aliphatic carbocycles. The highest BCUT2D eigenvalue weighted by Crippen LogP contribution is 2.39. The molecule has 2 unspecified atom stereocenters. The number of ether oxygens (including phenoxy) is 2. The van der Waals surface area contributed by atoms with Gasteiger partial charge >= 0.3 is 6.09 Å². The molecule has 5 rings (SSSR count). The number of nitrogens with zero attached hydrogens (tertiary/aromatic N) is 3. The van der Waals surface area contributed by atoms with Crippen molar-refractivity contribution in [2.45, 2.75) is 63.8 Å². The summed E-state index contributed by atoms with van der Waals surface area (Å²) in [6.45, 7) is 0. The first-order valence-electron chi connectivity index (χ1n) is 12.9. The van der Waals surface area contributed by atoms with Crippen molar-refractivity contribution in [3.05, 3.63) is 36.5 Å². The van der Waals surface area contributed by atoms with E-state index in [4.69, 9.17) is 14.5 Å². The molecule has 2 fully saturated rings. The Morgan fingerprint density at radius 3 is 2.60 bits per heavy atom. The maximum absolute atomic E-state index is 11.5. The quantitative estimate of drug-likeness (QED) is 0.450. The van der Waals surface area contributed by atoms with E-state index in [2.05, 4.69) is 27.2 Å². The Morgan fingerprint density at radius 2 is 1.77 bits per heavy atom. The molecule has 1 amide bonds. The van der Waals surface area contributed by atoms with E-state index < -0.39 is 6.09 Å². The first kappa shape index (κ1) is 23.5. The minimum atomic E-state index is -0.576. The summed E-state index contributed by atoms with van der Waals surface area (Å²) in [5.74, 6) is 3.90. The molecule has 0 saturated heterocycles. The number of aromatic nitrogens is 3. The Morgan fingerprint density at radius 1 is 1.00 bits per heavy atom. The third-order valence-electron chi connectivity index (χ3n) is 7.58. The molecule has 8 heteroatoms. The minimum absolute atomic E-state index is 0.173. The van der Waals surface area contributed by atoms with Gasteiger partial charge in [-0.15, -0.1) is 0 Å². The molecule has 8 nitrogen and oxygen atoms in total. The number of hydrogen-bond donors (Lipinski definition) is 2. The molecule has 1 aromatic carbocycles. The maximum atomic E-state index is 11.5. The molecule has 0 radical (unpaired) electrons. The Kier molecular flexibility index (Phi) is 7.06. The van der Waals surface area contributed by atoms with E-state index >= 15 is 0 Å². The van der Waals surface area contributed by atoms with Crippen LogP contribution >= 0.6 is 0 Å². The fourth-order valence-electron chi connectivity index (χ4n) is 5.80. The lowest BCUT2D eigenvalue weighted by Crippen LogP contribution is -2.38. The summed E-state index contributed by atoms with van der Waals surface area (Å²) in [4.78, 5) is 20.4. The van der Waals surface area contributed by atoms with Gasteiger partial charge < -0.3 is 24.7 Å². The monoisotopic (exact) mass is 477 g/mol. The molecular weight excluding hydrogens is 442 g/mol. The average molecular weight is 478 g/mol. The van der Waals surface area contributed by atoms with E-state index in [9.17, 15) is 4.79 Å². The number of carbonyl (C=O) groups excluding carboxylic acids is 1. The minimum Gasteiger partial charge on any atom is -0.457 e. The third-order valence-corrected chi connectivity index (χ3v) is 7.58. The van der Waals surface area contributed by atoms with E-state index in [-0.39, 0.29) is 5.88 Å². The molecule has 2 N–H and O–H groups in total. The lowest BCUT2D eigenvalue weighted by molar-refractivity contribution is 0.180. The number of anilines is 1. The van der Waals surface area contributed by atoms with Gasteiger partial charge in [-0.25, -0.2) is 14.8 Å². The van der Waals surface area contributed by atoms with Crippen molar-refractivity contribution in [2.75, 3.05) is 12.4 Å². The SMILES string of the molecule is CNC(=O)Oc1cc(Oc2ccc3c(c2)nc(NC2CCCCC2C2CCCCC2)n3C)ccn1. The van der Waals surface area contributed by atoms with Crippen LogP contribution in [-0.2, 0) is 7.05 Å². The fraction of sp³-hybridized carbons (Fsp3) is 0.519. The third kappa shape index (κ3) is 5.36. The van der Waals surface area contributed by atoms with Crippen LogP contribution in [0.4, 0.5) is 10.7 Å². The Labute approximate surface area is 206 Å². The molecule has 0 bridgehead atoms. The largest absolute Gasteiger partial charge is 0.457 e. The Hall–Kier alpha value is -3.29. The number of imidazole rings is 1. The van der Waals surface area contributed by atoms with Gasteiger partial charge in [-0.1, -0.05) is 44.9 Å². The normalized spacial score (nSPS) is 21.0. The lowest BCUT2D eigenvalue weighted by Gasteiger charge is -2.39. The first-order valence-corrected chi connectivity index (χ1v) is 12.9. The van der Waals surface area contributed by atoms with Crippen LogP contribution in [0.2, 0.25) is 0 Å². The smallest absolute Gasteiger partial charge is 0.413 e. The maximum Gasteiger partial charge on any atom is 0.413 e. The lowest BCUT2D eigenvalue weighted by atomic mass is 9.71. The molecule has 2 aromatic heterocycles. The number of benzene rings is 1. The van der Waals surface area contributed by atoms with Crippen LogP contribution in [0.3, 0.4) is 0 Å². The van der Waals surface area contributed by atoms with Crippen LogP contribution in [0.25, 0.3) is 11.0 Å². The van der Waals surface area contributed by atoms with E-state index in [1.165, 1.54) is 64.8 Å². The van der Waals surface area contributed by atoms with Gasteiger partial charge in [0.2, 0.25) is 11.8 Å². The van der Waals surface area contributed by atoms with Gasteiger partial charge in [-0.2, -0.15) is 0 Å². The van der Waals surface area contributed by atoms with Gasteiger partial charge in [-0.3, -0.25) is 0 Å². The van der Waals surface area contributed by atoms with E-state index in [1.54, 1.807) is 18.3 Å². The van der Waals surface area contributed by atoms with Crippen molar-refractivity contribution in [1.29, 1.82) is 0 Å². The van der Waals surface area contributed by atoms with Crippen molar-refractivity contribution in [3.8, 4) is 17.4 Å². The number of fused-ring (bicyclic) bond motifs is 1. The standard InChI is InChI=1S/C27H35N5O3/c1-28-27(33)35-25-17-20(14-15-29-25)34-19-12-13-24-23(16-19)31-26(32(24)2)30-22-11-7-6-10-21(22)18-8-4-3-5-9-18/h12-18,21-22H,3-11H2,1-2H3,(H,28,33)(H,30,31). The summed E-state index contributed by atoms with van der Waals surface area (Å²) in [6.07, 6.45) is 13.1. The zero-order valence-electron chi connectivity index (χ0n) is 20.6. The zero-order valence-corrected chi connectivity index (χ0v) is 20.6. The topological polar surface area (TPSA) is 90.3 Å². The van der Waals surface area contributed by atoms with E-state index in [1.807, 2.05) is 18.2 Å². The van der Waals surface area contributed by atoms with E-state index in [0.29, 0.717) is 17.5 Å². The first-order chi connectivity index (χ1) is 17.1. The number of aryl methyl sites for hydroxylation is 1. The highest BCUT2D eigenvalue weighted by Gasteiger charge is 2.33. The van der Waals surface area contributed by atoms with Gasteiger partial charge in [0.05, 0.1) is 11.0 Å². The number of nitrogens with one attached hydrogen (secondary N) is 2. The number of hydrogen-bond acceptors (Lipinski definition) is 6. The molecule has 2 heterocycles. The predicted molar refractivity (Wildman–Crippen MR) is 136 cm³/mol. The average Bonchev–Trinajstić information content (AvgIpc) is 3.19. The fourth-order valence-corrected chi connectivity index (χ4v) is 5.80.